The Kier molecular flexibility index (Phi) is 6.44. The molecule has 0 spiro atoms. The van der Waals surface area contributed by atoms with Gasteiger partial charge in [-0.25, -0.2) is 9.80 Å². The number of pyridine rings is 1. The first-order valence-corrected chi connectivity index (χ1v) is 14.1. The van der Waals surface area contributed by atoms with Crippen LogP contribution in [0.1, 0.15) is 51.1 Å². The van der Waals surface area contributed by atoms with Crippen LogP contribution in [0.15, 0.2) is 76.0 Å². The number of carbonyl (C=O) groups excluding carboxylic acids is 2. The summed E-state index contributed by atoms with van der Waals surface area (Å²) in [6.45, 7) is 1.47. The molecule has 1 fully saturated rings. The van der Waals surface area contributed by atoms with Crippen LogP contribution in [0.2, 0.25) is 0 Å². The fourth-order valence-corrected chi connectivity index (χ4v) is 6.79. The molecule has 1 amide bonds. The summed E-state index contributed by atoms with van der Waals surface area (Å²) in [5.74, 6) is -0.727. The molecule has 37 heavy (non-hydrogen) atoms. The molecule has 1 aliphatic heterocycles. The number of aryl methyl sites for hydroxylation is 1. The summed E-state index contributed by atoms with van der Waals surface area (Å²) in [6.07, 6.45) is 5.16. The first-order valence-electron chi connectivity index (χ1n) is 12.3. The van der Waals surface area contributed by atoms with Crippen molar-refractivity contribution in [2.75, 3.05) is 6.61 Å². The highest BCUT2D eigenvalue weighted by molar-refractivity contribution is 7.11. The van der Waals surface area contributed by atoms with Crippen LogP contribution in [0, 0.1) is 12.8 Å². The second-order valence-electron chi connectivity index (χ2n) is 9.27. The average Bonchev–Trinajstić information content (AvgIpc) is 3.68. The predicted molar refractivity (Wildman–Crippen MR) is 148 cm³/mol. The molecule has 2 unspecified atom stereocenters. The van der Waals surface area contributed by atoms with Gasteiger partial charge in [0.2, 0.25) is 0 Å². The maximum Gasteiger partial charge on any atom is 0.339 e. The molecule has 0 saturated heterocycles. The van der Waals surface area contributed by atoms with Gasteiger partial charge in [0.1, 0.15) is 0 Å². The number of amides is 1. The van der Waals surface area contributed by atoms with Gasteiger partial charge in [0, 0.05) is 26.8 Å². The third-order valence-electron chi connectivity index (χ3n) is 6.84. The van der Waals surface area contributed by atoms with E-state index in [0.29, 0.717) is 10.9 Å². The topological polar surface area (TPSA) is 71.9 Å². The van der Waals surface area contributed by atoms with Gasteiger partial charge in [0.15, 0.2) is 6.61 Å². The van der Waals surface area contributed by atoms with Gasteiger partial charge in [-0.3, -0.25) is 9.78 Å². The van der Waals surface area contributed by atoms with Crippen LogP contribution >= 0.6 is 22.7 Å². The molecule has 2 atom stereocenters. The van der Waals surface area contributed by atoms with Crippen molar-refractivity contribution in [1.82, 2.24) is 9.99 Å². The number of hydrogen-bond donors (Lipinski definition) is 0. The number of para-hydroxylation sites is 1. The highest BCUT2D eigenvalue weighted by Crippen LogP contribution is 2.45. The predicted octanol–water partition coefficient (Wildman–Crippen LogP) is 6.65. The summed E-state index contributed by atoms with van der Waals surface area (Å²) in [6, 6.07) is 17.2. The number of allylic oxidation sites excluding steroid dienone is 1. The summed E-state index contributed by atoms with van der Waals surface area (Å²) in [4.78, 5) is 33.3. The van der Waals surface area contributed by atoms with Gasteiger partial charge in [-0.15, -0.1) is 22.7 Å². The molecule has 3 aromatic heterocycles. The second-order valence-corrected chi connectivity index (χ2v) is 11.2. The zero-order valence-electron chi connectivity index (χ0n) is 20.3. The van der Waals surface area contributed by atoms with E-state index in [1.165, 1.54) is 10.5 Å². The second kappa shape index (κ2) is 10.0. The Labute approximate surface area is 222 Å². The van der Waals surface area contributed by atoms with Crippen molar-refractivity contribution < 1.29 is 14.3 Å². The fourth-order valence-electron chi connectivity index (χ4n) is 5.24. The number of carbonyl (C=O) groups is 2. The van der Waals surface area contributed by atoms with Crippen molar-refractivity contribution in [2.24, 2.45) is 11.0 Å². The Morgan fingerprint density at radius 3 is 2.76 bits per heavy atom. The first-order chi connectivity index (χ1) is 18.1. The lowest BCUT2D eigenvalue weighted by Gasteiger charge is -2.28. The molecule has 186 valence electrons. The largest absolute Gasteiger partial charge is 0.452 e. The Balaban J connectivity index is 1.27. The summed E-state index contributed by atoms with van der Waals surface area (Å²) in [5.41, 5.74) is 4.02. The molecule has 1 aromatic carbocycles. The molecule has 6 nitrogen and oxygen atoms in total. The van der Waals surface area contributed by atoms with E-state index in [2.05, 4.69) is 28.6 Å². The quantitative estimate of drug-likeness (QED) is 0.273. The van der Waals surface area contributed by atoms with Gasteiger partial charge in [0.05, 0.1) is 22.8 Å². The minimum Gasteiger partial charge on any atom is -0.452 e. The Morgan fingerprint density at radius 2 is 1.95 bits per heavy atom. The smallest absolute Gasteiger partial charge is 0.339 e. The van der Waals surface area contributed by atoms with E-state index in [1.54, 1.807) is 33.7 Å². The van der Waals surface area contributed by atoms with Gasteiger partial charge >= 0.3 is 5.97 Å². The number of aromatic nitrogens is 1. The lowest BCUT2D eigenvalue weighted by Crippen LogP contribution is -2.34. The van der Waals surface area contributed by atoms with Crippen LogP contribution in [-0.2, 0) is 9.53 Å². The van der Waals surface area contributed by atoms with Crippen LogP contribution < -0.4 is 0 Å². The van der Waals surface area contributed by atoms with E-state index in [9.17, 15) is 9.59 Å². The minimum atomic E-state index is -0.537. The van der Waals surface area contributed by atoms with Crippen molar-refractivity contribution in [2.45, 2.75) is 32.2 Å². The normalized spacial score (nSPS) is 20.2. The van der Waals surface area contributed by atoms with E-state index in [0.717, 1.165) is 41.1 Å². The van der Waals surface area contributed by atoms with E-state index >= 15 is 0 Å². The lowest BCUT2D eigenvalue weighted by atomic mass is 9.79. The standard InChI is InChI=1S/C29H25N3O3S2/c1-18-15-23(21-9-2-3-11-24(21)30-18)29(34)35-17-26(33)32-28(25-12-6-14-37-25)22-10-4-7-19(27(22)31-32)16-20-8-5-13-36-20/h2-3,5-6,8-9,11-16,22,28H,4,7,10,17H2,1H3. The lowest BCUT2D eigenvalue weighted by molar-refractivity contribution is -0.136. The molecule has 8 heteroatoms. The average molecular weight is 528 g/mol. The summed E-state index contributed by atoms with van der Waals surface area (Å²) in [5, 5.41) is 11.2. The molecule has 2 aliphatic rings. The number of hydrogen-bond acceptors (Lipinski definition) is 7. The Morgan fingerprint density at radius 1 is 1.11 bits per heavy atom. The number of ether oxygens (including phenoxy) is 1. The van der Waals surface area contributed by atoms with E-state index in [1.807, 2.05) is 48.7 Å². The monoisotopic (exact) mass is 527 g/mol. The van der Waals surface area contributed by atoms with Crippen molar-refractivity contribution in [3.05, 3.63) is 91.9 Å². The van der Waals surface area contributed by atoms with Gasteiger partial charge in [-0.05, 0) is 72.9 Å². The Hall–Kier alpha value is -3.62. The van der Waals surface area contributed by atoms with E-state index < -0.39 is 5.97 Å². The molecule has 0 N–H and O–H groups in total. The maximum absolute atomic E-state index is 13.5. The highest BCUT2D eigenvalue weighted by atomic mass is 32.1. The number of fused-ring (bicyclic) bond motifs is 2. The first kappa shape index (κ1) is 23.8. The molecule has 4 heterocycles. The van der Waals surface area contributed by atoms with Crippen LogP contribution in [0.4, 0.5) is 0 Å². The SMILES string of the molecule is Cc1cc(C(=O)OCC(=O)N2N=C3C(=Cc4cccs4)CCCC3C2c2cccs2)c2ccccc2n1. The van der Waals surface area contributed by atoms with Crippen molar-refractivity contribution in [3.63, 3.8) is 0 Å². The van der Waals surface area contributed by atoms with Gasteiger partial charge < -0.3 is 4.74 Å². The number of hydrazone groups is 1. The molecule has 0 bridgehead atoms. The van der Waals surface area contributed by atoms with Gasteiger partial charge in [-0.2, -0.15) is 5.10 Å². The molecule has 0 radical (unpaired) electrons. The third-order valence-corrected chi connectivity index (χ3v) is 8.60. The van der Waals surface area contributed by atoms with Gasteiger partial charge in [-0.1, -0.05) is 30.3 Å². The van der Waals surface area contributed by atoms with Crippen LogP contribution in [-0.4, -0.2) is 34.2 Å². The molecular weight excluding hydrogens is 502 g/mol. The highest BCUT2D eigenvalue weighted by Gasteiger charge is 2.44. The number of nitrogens with zero attached hydrogens (tertiary/aromatic N) is 3. The van der Waals surface area contributed by atoms with Crippen LogP contribution in [0.5, 0.6) is 0 Å². The number of thiophene rings is 2. The van der Waals surface area contributed by atoms with Crippen molar-refractivity contribution in [3.8, 4) is 0 Å². The van der Waals surface area contributed by atoms with Crippen molar-refractivity contribution in [1.29, 1.82) is 0 Å². The zero-order chi connectivity index (χ0) is 25.4. The van der Waals surface area contributed by atoms with Crippen LogP contribution in [0.3, 0.4) is 0 Å². The number of rotatable bonds is 5. The molecule has 1 saturated carbocycles. The number of esters is 1. The molecular formula is C29H25N3O3S2. The summed E-state index contributed by atoms with van der Waals surface area (Å²) >= 11 is 3.32. The van der Waals surface area contributed by atoms with Gasteiger partial charge in [0.25, 0.3) is 5.91 Å². The Bertz CT molecular complexity index is 1520. The molecule has 6 rings (SSSR count). The van der Waals surface area contributed by atoms with E-state index in [-0.39, 0.29) is 24.5 Å². The summed E-state index contributed by atoms with van der Waals surface area (Å²) in [7, 11) is 0. The van der Waals surface area contributed by atoms with Crippen LogP contribution in [0.25, 0.3) is 17.0 Å². The van der Waals surface area contributed by atoms with E-state index in [4.69, 9.17) is 9.84 Å². The molecule has 1 aliphatic carbocycles. The maximum atomic E-state index is 13.5. The number of benzene rings is 1. The third kappa shape index (κ3) is 4.63. The fraction of sp³-hybridized carbons (Fsp3) is 0.241. The minimum absolute atomic E-state index is 0.130. The zero-order valence-corrected chi connectivity index (χ0v) is 21.9. The molecule has 4 aromatic rings. The summed E-state index contributed by atoms with van der Waals surface area (Å²) < 4.78 is 5.56. The van der Waals surface area contributed by atoms with Crippen molar-refractivity contribution >= 4 is 57.2 Å².